The minimum atomic E-state index is -4.50. The average Bonchev–Trinajstić information content (AvgIpc) is 2.24. The third-order valence-corrected chi connectivity index (χ3v) is 3.52. The van der Waals surface area contributed by atoms with Crippen LogP contribution in [0.5, 0.6) is 0 Å². The molecule has 0 aromatic carbocycles. The van der Waals surface area contributed by atoms with Gasteiger partial charge < -0.3 is 16.2 Å². The van der Waals surface area contributed by atoms with Gasteiger partial charge in [-0.05, 0) is 25.7 Å². The second-order valence-corrected chi connectivity index (χ2v) is 6.92. The van der Waals surface area contributed by atoms with Gasteiger partial charge >= 0.3 is 12.1 Å². The Morgan fingerprint density at radius 2 is 1.59 bits per heavy atom. The molecule has 5 nitrogen and oxygen atoms in total. The highest BCUT2D eigenvalue weighted by molar-refractivity contribution is 5.89. The Morgan fingerprint density at radius 1 is 1.14 bits per heavy atom. The van der Waals surface area contributed by atoms with Gasteiger partial charge in [-0.25, -0.2) is 4.79 Å². The van der Waals surface area contributed by atoms with Gasteiger partial charge in [0.2, 0.25) is 5.91 Å². The van der Waals surface area contributed by atoms with Gasteiger partial charge in [0.15, 0.2) is 0 Å². The number of amides is 1. The van der Waals surface area contributed by atoms with Gasteiger partial charge in [-0.2, -0.15) is 13.2 Å². The van der Waals surface area contributed by atoms with Crippen LogP contribution in [-0.4, -0.2) is 34.7 Å². The number of carboxylic acids is 1. The second kappa shape index (κ2) is 6.85. The van der Waals surface area contributed by atoms with Gasteiger partial charge in [0.05, 0.1) is 11.5 Å². The predicted octanol–water partition coefficient (Wildman–Crippen LogP) is 2.30. The number of hydrogen-bond donors (Lipinski definition) is 3. The smallest absolute Gasteiger partial charge is 0.394 e. The van der Waals surface area contributed by atoms with Crippen molar-refractivity contribution in [1.82, 2.24) is 5.32 Å². The molecule has 0 bridgehead atoms. The first-order valence-electron chi connectivity index (χ1n) is 7.00. The number of hydrogen-bond acceptors (Lipinski definition) is 3. The van der Waals surface area contributed by atoms with Crippen LogP contribution in [0.15, 0.2) is 0 Å². The Balaban J connectivity index is 5.00. The lowest BCUT2D eigenvalue weighted by atomic mass is 9.84. The van der Waals surface area contributed by atoms with Crippen molar-refractivity contribution in [1.29, 1.82) is 0 Å². The van der Waals surface area contributed by atoms with E-state index in [9.17, 15) is 27.9 Å². The van der Waals surface area contributed by atoms with E-state index in [2.05, 4.69) is 5.32 Å². The van der Waals surface area contributed by atoms with E-state index in [0.717, 1.165) is 13.8 Å². The fourth-order valence-corrected chi connectivity index (χ4v) is 2.13. The summed E-state index contributed by atoms with van der Waals surface area (Å²) in [4.78, 5) is 23.3. The van der Waals surface area contributed by atoms with Crippen LogP contribution in [-0.2, 0) is 9.59 Å². The molecule has 0 saturated heterocycles. The standard InChI is InChI=1S/C14H25F3N2O3/c1-8(2)6-13(5,11(21)22)19-10(20)9(18)7-12(3,4)14(15,16)17/h8-9H,6-7,18H2,1-5H3,(H,19,20)(H,21,22)/t9-,13+/m1/s1. The maximum Gasteiger partial charge on any atom is 0.394 e. The molecule has 0 aromatic rings. The first-order valence-corrected chi connectivity index (χ1v) is 7.00. The zero-order chi connectivity index (χ0) is 17.9. The van der Waals surface area contributed by atoms with E-state index in [-0.39, 0.29) is 12.3 Å². The summed E-state index contributed by atoms with van der Waals surface area (Å²) in [6.45, 7) is 6.77. The Labute approximate surface area is 128 Å². The summed E-state index contributed by atoms with van der Waals surface area (Å²) in [7, 11) is 0. The van der Waals surface area contributed by atoms with Crippen LogP contribution < -0.4 is 11.1 Å². The molecule has 1 amide bonds. The van der Waals surface area contributed by atoms with E-state index >= 15 is 0 Å². The minimum absolute atomic E-state index is 0.0239. The normalized spacial score (nSPS) is 17.0. The fourth-order valence-electron chi connectivity index (χ4n) is 2.13. The predicted molar refractivity (Wildman–Crippen MR) is 76.1 cm³/mol. The van der Waals surface area contributed by atoms with Gasteiger partial charge in [0, 0.05) is 0 Å². The zero-order valence-electron chi connectivity index (χ0n) is 13.5. The molecule has 0 fully saturated rings. The third kappa shape index (κ3) is 5.47. The van der Waals surface area contributed by atoms with Gasteiger partial charge in [-0.15, -0.1) is 0 Å². The largest absolute Gasteiger partial charge is 0.480 e. The second-order valence-electron chi connectivity index (χ2n) is 6.92. The van der Waals surface area contributed by atoms with Crippen LogP contribution in [0, 0.1) is 11.3 Å². The molecule has 0 spiro atoms. The number of alkyl halides is 3. The average molecular weight is 326 g/mol. The molecule has 8 heteroatoms. The van der Waals surface area contributed by atoms with Crippen molar-refractivity contribution in [3.8, 4) is 0 Å². The SMILES string of the molecule is CC(C)C[C@](C)(NC(=O)[C@H](N)CC(C)(C)C(F)(F)F)C(=O)O. The number of carbonyl (C=O) groups excluding carboxylic acids is 1. The molecule has 0 aliphatic rings. The number of carbonyl (C=O) groups is 2. The van der Waals surface area contributed by atoms with E-state index in [1.165, 1.54) is 6.92 Å². The van der Waals surface area contributed by atoms with Crippen molar-refractivity contribution in [2.45, 2.75) is 65.2 Å². The van der Waals surface area contributed by atoms with Gasteiger partial charge in [-0.1, -0.05) is 27.7 Å². The lowest BCUT2D eigenvalue weighted by Gasteiger charge is -2.32. The monoisotopic (exact) mass is 326 g/mol. The first kappa shape index (κ1) is 20.7. The summed E-state index contributed by atoms with van der Waals surface area (Å²) in [6.07, 6.45) is -4.98. The number of nitrogens with two attached hydrogens (primary N) is 1. The van der Waals surface area contributed by atoms with E-state index in [4.69, 9.17) is 5.73 Å². The molecule has 0 aromatic heterocycles. The molecular formula is C14H25F3N2O3. The third-order valence-electron chi connectivity index (χ3n) is 3.52. The quantitative estimate of drug-likeness (QED) is 0.669. The maximum absolute atomic E-state index is 12.8. The Bertz CT molecular complexity index is 422. The van der Waals surface area contributed by atoms with Crippen LogP contribution in [0.1, 0.15) is 47.5 Å². The van der Waals surface area contributed by atoms with Gasteiger partial charge in [0.1, 0.15) is 5.54 Å². The number of aliphatic carboxylic acids is 1. The molecule has 0 radical (unpaired) electrons. The lowest BCUT2D eigenvalue weighted by Crippen LogP contribution is -2.58. The molecule has 0 aliphatic heterocycles. The minimum Gasteiger partial charge on any atom is -0.480 e. The van der Waals surface area contributed by atoms with Crippen molar-refractivity contribution in [3.05, 3.63) is 0 Å². The van der Waals surface area contributed by atoms with Gasteiger partial charge in [-0.3, -0.25) is 4.79 Å². The van der Waals surface area contributed by atoms with E-state index in [1.807, 2.05) is 0 Å². The highest BCUT2D eigenvalue weighted by Crippen LogP contribution is 2.40. The molecule has 0 unspecified atom stereocenters. The van der Waals surface area contributed by atoms with Gasteiger partial charge in [0.25, 0.3) is 0 Å². The van der Waals surface area contributed by atoms with Crippen molar-refractivity contribution in [3.63, 3.8) is 0 Å². The fraction of sp³-hybridized carbons (Fsp3) is 0.857. The molecular weight excluding hydrogens is 301 g/mol. The Morgan fingerprint density at radius 3 is 1.91 bits per heavy atom. The number of nitrogens with one attached hydrogen (secondary N) is 1. The highest BCUT2D eigenvalue weighted by atomic mass is 19.4. The highest BCUT2D eigenvalue weighted by Gasteiger charge is 2.49. The number of carboxylic acid groups (broad SMARTS) is 1. The summed E-state index contributed by atoms with van der Waals surface area (Å²) in [5, 5.41) is 11.5. The first-order chi connectivity index (χ1) is 9.62. The molecule has 0 rings (SSSR count). The van der Waals surface area contributed by atoms with Crippen LogP contribution in [0.25, 0.3) is 0 Å². The summed E-state index contributed by atoms with van der Waals surface area (Å²) in [5.41, 5.74) is 1.83. The zero-order valence-corrected chi connectivity index (χ0v) is 13.5. The summed E-state index contributed by atoms with van der Waals surface area (Å²) in [5.74, 6) is -2.18. The molecule has 0 aliphatic carbocycles. The topological polar surface area (TPSA) is 92.4 Å². The van der Waals surface area contributed by atoms with Crippen molar-refractivity contribution in [2.75, 3.05) is 0 Å². The van der Waals surface area contributed by atoms with Crippen molar-refractivity contribution in [2.24, 2.45) is 17.1 Å². The van der Waals surface area contributed by atoms with Crippen LogP contribution in [0.4, 0.5) is 13.2 Å². The summed E-state index contributed by atoms with van der Waals surface area (Å²) >= 11 is 0. The molecule has 0 heterocycles. The molecule has 0 saturated carbocycles. The van der Waals surface area contributed by atoms with E-state index < -0.39 is 41.5 Å². The molecule has 130 valence electrons. The molecule has 2 atom stereocenters. The lowest BCUT2D eigenvalue weighted by molar-refractivity contribution is -0.214. The van der Waals surface area contributed by atoms with E-state index in [0.29, 0.717) is 0 Å². The molecule has 22 heavy (non-hydrogen) atoms. The van der Waals surface area contributed by atoms with E-state index in [1.54, 1.807) is 13.8 Å². The van der Waals surface area contributed by atoms with Crippen LogP contribution >= 0.6 is 0 Å². The maximum atomic E-state index is 12.8. The summed E-state index contributed by atoms with van der Waals surface area (Å²) < 4.78 is 38.4. The van der Waals surface area contributed by atoms with Crippen molar-refractivity contribution >= 4 is 11.9 Å². The number of halogens is 3. The Kier molecular flexibility index (Phi) is 6.44. The van der Waals surface area contributed by atoms with Crippen LogP contribution in [0.2, 0.25) is 0 Å². The Hall–Kier alpha value is -1.31. The molecule has 4 N–H and O–H groups in total. The van der Waals surface area contributed by atoms with Crippen LogP contribution in [0.3, 0.4) is 0 Å². The van der Waals surface area contributed by atoms with Crippen molar-refractivity contribution < 1.29 is 27.9 Å². The number of rotatable bonds is 7. The summed E-state index contributed by atoms with van der Waals surface area (Å²) in [6, 6.07) is -1.44.